The highest BCUT2D eigenvalue weighted by atomic mass is 32.2. The summed E-state index contributed by atoms with van der Waals surface area (Å²) in [6.45, 7) is 1.43. The molecule has 1 amide bonds. The summed E-state index contributed by atoms with van der Waals surface area (Å²) >= 11 is 1.18. The number of carboxylic acid groups (broad SMARTS) is 1. The molecule has 0 radical (unpaired) electrons. The molecule has 9 nitrogen and oxygen atoms in total. The molecule has 32 heavy (non-hydrogen) atoms. The van der Waals surface area contributed by atoms with Gasteiger partial charge in [0.05, 0.1) is 26.2 Å². The van der Waals surface area contributed by atoms with Crippen molar-refractivity contribution in [2.75, 3.05) is 21.3 Å². The second-order valence-electron chi connectivity index (χ2n) is 6.53. The molecule has 0 spiro atoms. The summed E-state index contributed by atoms with van der Waals surface area (Å²) in [5.74, 6) is 0.418. The lowest BCUT2D eigenvalue weighted by Crippen LogP contribution is -2.23. The van der Waals surface area contributed by atoms with E-state index in [4.69, 9.17) is 24.1 Å². The number of nitrogens with one attached hydrogen (secondary N) is 1. The number of nitrogens with zero attached hydrogens (tertiary/aromatic N) is 1. The van der Waals surface area contributed by atoms with Gasteiger partial charge < -0.3 is 29.4 Å². The Hall–Kier alpha value is -3.66. The van der Waals surface area contributed by atoms with E-state index in [1.807, 2.05) is 0 Å². The zero-order chi connectivity index (χ0) is 23.3. The van der Waals surface area contributed by atoms with Gasteiger partial charge >= 0.3 is 5.97 Å². The molecule has 1 heterocycles. The highest BCUT2D eigenvalue weighted by molar-refractivity contribution is 8.18. The summed E-state index contributed by atoms with van der Waals surface area (Å²) in [6.07, 6.45) is 0.652. The average Bonchev–Trinajstić information content (AvgIpc) is 3.13. The lowest BCUT2D eigenvalue weighted by atomic mass is 10.2. The van der Waals surface area contributed by atoms with Crippen LogP contribution in [0, 0.1) is 0 Å². The first kappa shape index (κ1) is 23.0. The Morgan fingerprint density at radius 3 is 2.47 bits per heavy atom. The predicted molar refractivity (Wildman–Crippen MR) is 121 cm³/mol. The van der Waals surface area contributed by atoms with Crippen molar-refractivity contribution in [2.45, 2.75) is 13.0 Å². The van der Waals surface area contributed by atoms with E-state index in [1.165, 1.54) is 32.9 Å². The maximum atomic E-state index is 12.4. The smallest absolute Gasteiger partial charge is 0.344 e. The minimum absolute atomic E-state index is 0.292. The lowest BCUT2D eigenvalue weighted by molar-refractivity contribution is -0.144. The number of thioether (sulfide) groups is 1. The topological polar surface area (TPSA) is 116 Å². The minimum atomic E-state index is -1.09. The van der Waals surface area contributed by atoms with Gasteiger partial charge in [0.2, 0.25) is 0 Å². The second-order valence-corrected chi connectivity index (χ2v) is 7.56. The van der Waals surface area contributed by atoms with Crippen LogP contribution in [0.2, 0.25) is 0 Å². The molecule has 3 rings (SSSR count). The molecule has 0 saturated carbocycles. The molecule has 0 bridgehead atoms. The number of carboxylic acids is 1. The Morgan fingerprint density at radius 2 is 1.81 bits per heavy atom. The number of amides is 1. The second kappa shape index (κ2) is 10.1. The summed E-state index contributed by atoms with van der Waals surface area (Å²) in [4.78, 5) is 28.4. The molecule has 10 heteroatoms. The first-order valence-electron chi connectivity index (χ1n) is 9.43. The van der Waals surface area contributed by atoms with Crippen LogP contribution in [0.5, 0.6) is 23.0 Å². The fraction of sp³-hybridized carbons (Fsp3) is 0.227. The third kappa shape index (κ3) is 5.33. The molecule has 2 aromatic carbocycles. The molecule has 0 aliphatic carbocycles. The van der Waals surface area contributed by atoms with Crippen LogP contribution in [-0.2, 0) is 9.59 Å². The van der Waals surface area contributed by atoms with Crippen LogP contribution in [-0.4, -0.2) is 49.6 Å². The number of hydrogen-bond acceptors (Lipinski definition) is 8. The van der Waals surface area contributed by atoms with E-state index in [9.17, 15) is 9.59 Å². The lowest BCUT2D eigenvalue weighted by Gasteiger charge is -2.14. The Labute approximate surface area is 189 Å². The van der Waals surface area contributed by atoms with E-state index in [0.717, 1.165) is 0 Å². The number of aliphatic carboxylic acids is 1. The number of rotatable bonds is 8. The molecule has 1 atom stereocenters. The Bertz CT molecular complexity index is 1100. The van der Waals surface area contributed by atoms with Gasteiger partial charge in [-0.15, -0.1) is 0 Å². The largest absolute Gasteiger partial charge is 0.497 e. The number of aliphatic imine (C=N–C) groups is 1. The monoisotopic (exact) mass is 458 g/mol. The molecule has 1 saturated heterocycles. The molecular formula is C22H22N2O7S. The molecule has 1 aliphatic rings. The van der Waals surface area contributed by atoms with E-state index in [0.29, 0.717) is 44.3 Å². The molecule has 2 aromatic rings. The maximum absolute atomic E-state index is 12.4. The van der Waals surface area contributed by atoms with Gasteiger partial charge in [0, 0.05) is 6.07 Å². The van der Waals surface area contributed by atoms with Gasteiger partial charge in [-0.05, 0) is 54.6 Å². The number of amidine groups is 1. The van der Waals surface area contributed by atoms with Gasteiger partial charge in [-0.25, -0.2) is 9.79 Å². The molecule has 0 aromatic heterocycles. The summed E-state index contributed by atoms with van der Waals surface area (Å²) in [5.41, 5.74) is 1.23. The van der Waals surface area contributed by atoms with E-state index in [2.05, 4.69) is 10.3 Å². The van der Waals surface area contributed by atoms with Gasteiger partial charge in [0.25, 0.3) is 5.91 Å². The summed E-state index contributed by atoms with van der Waals surface area (Å²) in [6, 6.07) is 10.2. The van der Waals surface area contributed by atoms with Crippen LogP contribution in [0.15, 0.2) is 46.3 Å². The van der Waals surface area contributed by atoms with E-state index >= 15 is 0 Å². The van der Waals surface area contributed by atoms with Crippen LogP contribution in [0.3, 0.4) is 0 Å². The van der Waals surface area contributed by atoms with Crippen LogP contribution >= 0.6 is 11.8 Å². The summed E-state index contributed by atoms with van der Waals surface area (Å²) in [7, 11) is 4.54. The Morgan fingerprint density at radius 1 is 1.06 bits per heavy atom. The SMILES string of the molecule is COc1ccc(N=C2NC(=O)/C(=C\c3ccc(OC(C)C(=O)O)c(OC)c3)S2)c(OC)c1. The van der Waals surface area contributed by atoms with Gasteiger partial charge in [0.15, 0.2) is 22.8 Å². The molecule has 1 aliphatic heterocycles. The quantitative estimate of drug-likeness (QED) is 0.578. The number of carbonyl (C=O) groups is 2. The Kier molecular flexibility index (Phi) is 7.26. The van der Waals surface area contributed by atoms with E-state index in [-0.39, 0.29) is 5.91 Å². The van der Waals surface area contributed by atoms with Gasteiger partial charge in [-0.3, -0.25) is 4.79 Å². The molecule has 168 valence electrons. The molecular weight excluding hydrogens is 436 g/mol. The zero-order valence-corrected chi connectivity index (χ0v) is 18.7. The zero-order valence-electron chi connectivity index (χ0n) is 17.9. The maximum Gasteiger partial charge on any atom is 0.344 e. The van der Waals surface area contributed by atoms with Crippen LogP contribution in [0.25, 0.3) is 6.08 Å². The first-order chi connectivity index (χ1) is 15.3. The number of benzene rings is 2. The fourth-order valence-corrected chi connectivity index (χ4v) is 3.57. The number of hydrogen-bond donors (Lipinski definition) is 2. The van der Waals surface area contributed by atoms with E-state index in [1.54, 1.807) is 49.6 Å². The first-order valence-corrected chi connectivity index (χ1v) is 10.3. The van der Waals surface area contributed by atoms with Crippen LogP contribution < -0.4 is 24.3 Å². The van der Waals surface area contributed by atoms with Gasteiger partial charge in [-0.1, -0.05) is 6.07 Å². The normalized spacial score (nSPS) is 16.6. The third-order valence-electron chi connectivity index (χ3n) is 4.40. The number of methoxy groups -OCH3 is 3. The number of ether oxygens (including phenoxy) is 4. The van der Waals surface area contributed by atoms with Crippen molar-refractivity contribution < 1.29 is 33.6 Å². The van der Waals surface area contributed by atoms with Crippen molar-refractivity contribution in [3.63, 3.8) is 0 Å². The fourth-order valence-electron chi connectivity index (χ4n) is 2.73. The third-order valence-corrected chi connectivity index (χ3v) is 5.31. The highest BCUT2D eigenvalue weighted by Gasteiger charge is 2.24. The van der Waals surface area contributed by atoms with Crippen molar-refractivity contribution in [1.29, 1.82) is 0 Å². The van der Waals surface area contributed by atoms with Gasteiger partial charge in [0.1, 0.15) is 17.2 Å². The Balaban J connectivity index is 1.82. The molecule has 2 N–H and O–H groups in total. The standard InChI is InChI=1S/C22H22N2O7S/c1-12(21(26)27)31-16-8-5-13(9-18(16)30-4)10-19-20(25)24-22(32-19)23-15-7-6-14(28-2)11-17(15)29-3/h5-12H,1-4H3,(H,26,27)(H,23,24,25)/b19-10+. The number of carbonyl (C=O) groups excluding carboxylic acids is 1. The summed E-state index contributed by atoms with van der Waals surface area (Å²) < 4.78 is 21.2. The van der Waals surface area contributed by atoms with Crippen molar-refractivity contribution in [1.82, 2.24) is 5.32 Å². The van der Waals surface area contributed by atoms with E-state index < -0.39 is 12.1 Å². The van der Waals surface area contributed by atoms with Crippen molar-refractivity contribution in [3.8, 4) is 23.0 Å². The van der Waals surface area contributed by atoms with Crippen LogP contribution in [0.4, 0.5) is 5.69 Å². The van der Waals surface area contributed by atoms with Crippen molar-refractivity contribution >= 4 is 40.6 Å². The van der Waals surface area contributed by atoms with Crippen LogP contribution in [0.1, 0.15) is 12.5 Å². The summed E-state index contributed by atoms with van der Waals surface area (Å²) in [5, 5.41) is 12.2. The van der Waals surface area contributed by atoms with Crippen molar-refractivity contribution in [3.05, 3.63) is 46.9 Å². The predicted octanol–water partition coefficient (Wildman–Crippen LogP) is 3.46. The van der Waals surface area contributed by atoms with Crippen molar-refractivity contribution in [2.24, 2.45) is 4.99 Å². The molecule has 1 fully saturated rings. The molecule has 1 unspecified atom stereocenters. The van der Waals surface area contributed by atoms with Gasteiger partial charge in [-0.2, -0.15) is 0 Å². The highest BCUT2D eigenvalue weighted by Crippen LogP contribution is 2.35. The average molecular weight is 458 g/mol. The minimum Gasteiger partial charge on any atom is -0.497 e.